The first-order valence-corrected chi connectivity index (χ1v) is 13.3. The Labute approximate surface area is 191 Å². The van der Waals surface area contributed by atoms with E-state index in [-0.39, 0.29) is 18.0 Å². The fourth-order valence-electron chi connectivity index (χ4n) is 5.04. The van der Waals surface area contributed by atoms with Gasteiger partial charge in [0.25, 0.3) is 0 Å². The van der Waals surface area contributed by atoms with Crippen LogP contribution in [0.25, 0.3) is 0 Å². The van der Waals surface area contributed by atoms with Gasteiger partial charge in [-0.2, -0.15) is 0 Å². The molecule has 1 aromatic carbocycles. The van der Waals surface area contributed by atoms with E-state index in [0.717, 1.165) is 18.8 Å². The van der Waals surface area contributed by atoms with Gasteiger partial charge in [0.05, 0.1) is 6.42 Å². The first-order valence-electron chi connectivity index (χ1n) is 13.3. The normalized spacial score (nSPS) is 18.8. The summed E-state index contributed by atoms with van der Waals surface area (Å²) in [6, 6.07) is 8.15. The molecule has 2 nitrogen and oxygen atoms in total. The van der Waals surface area contributed by atoms with Crippen molar-refractivity contribution in [3.8, 4) is 0 Å². The van der Waals surface area contributed by atoms with Crippen LogP contribution in [0.2, 0.25) is 0 Å². The lowest BCUT2D eigenvalue weighted by Crippen LogP contribution is -2.13. The van der Waals surface area contributed by atoms with Gasteiger partial charge in [0, 0.05) is 12.0 Å². The first-order chi connectivity index (χ1) is 15.1. The van der Waals surface area contributed by atoms with Gasteiger partial charge in [0.1, 0.15) is 5.78 Å². The number of unbranched alkanes of at least 4 members (excludes halogenated alkanes) is 8. The molecule has 1 aliphatic rings. The minimum absolute atomic E-state index is 0.0262. The maximum absolute atomic E-state index is 12.3. The van der Waals surface area contributed by atoms with Crippen LogP contribution in [0.4, 0.5) is 0 Å². The molecule has 1 fully saturated rings. The predicted molar refractivity (Wildman–Crippen MR) is 132 cm³/mol. The van der Waals surface area contributed by atoms with Gasteiger partial charge in [-0.1, -0.05) is 102 Å². The largest absolute Gasteiger partial charge is 0.299 e. The lowest BCUT2D eigenvalue weighted by Gasteiger charge is -2.29. The maximum Gasteiger partial charge on any atom is 0.170 e. The molecule has 0 N–H and O–H groups in total. The van der Waals surface area contributed by atoms with Crippen LogP contribution in [0.15, 0.2) is 24.3 Å². The van der Waals surface area contributed by atoms with E-state index >= 15 is 0 Å². The standard InChI is InChI=1S/C29H46O2/c1-3-5-7-8-9-10-11-12-13-24-15-17-25(18-16-24)26-19-21-27(22-20-26)29(31)23-28(30)14-6-4-2/h19-22,24-25H,3-18,23H2,1-2H3. The van der Waals surface area contributed by atoms with Gasteiger partial charge in [0.2, 0.25) is 0 Å². The summed E-state index contributed by atoms with van der Waals surface area (Å²) in [6.45, 7) is 4.35. The summed E-state index contributed by atoms with van der Waals surface area (Å²) in [5.74, 6) is 1.61. The molecule has 0 aromatic heterocycles. The second-order valence-corrected chi connectivity index (χ2v) is 9.85. The van der Waals surface area contributed by atoms with E-state index in [1.165, 1.54) is 89.0 Å². The first kappa shape index (κ1) is 25.8. The summed E-state index contributed by atoms with van der Waals surface area (Å²) in [4.78, 5) is 24.2. The number of carbonyl (C=O) groups is 2. The van der Waals surface area contributed by atoms with E-state index < -0.39 is 0 Å². The molecule has 0 bridgehead atoms. The summed E-state index contributed by atoms with van der Waals surface area (Å²) in [6.07, 6.45) is 20.4. The predicted octanol–water partition coefficient (Wildman–Crippen LogP) is 8.82. The molecule has 1 aliphatic carbocycles. The molecule has 0 atom stereocenters. The number of hydrogen-bond acceptors (Lipinski definition) is 2. The van der Waals surface area contributed by atoms with Crippen molar-refractivity contribution in [1.82, 2.24) is 0 Å². The van der Waals surface area contributed by atoms with Crippen LogP contribution in [-0.4, -0.2) is 11.6 Å². The van der Waals surface area contributed by atoms with E-state index in [9.17, 15) is 9.59 Å². The fraction of sp³-hybridized carbons (Fsp3) is 0.724. The highest BCUT2D eigenvalue weighted by Gasteiger charge is 2.22. The van der Waals surface area contributed by atoms with Crippen molar-refractivity contribution in [3.63, 3.8) is 0 Å². The van der Waals surface area contributed by atoms with Crippen LogP contribution < -0.4 is 0 Å². The van der Waals surface area contributed by atoms with Gasteiger partial charge in [0.15, 0.2) is 5.78 Å². The minimum Gasteiger partial charge on any atom is -0.299 e. The Hall–Kier alpha value is -1.44. The molecular formula is C29H46O2. The van der Waals surface area contributed by atoms with Gasteiger partial charge < -0.3 is 0 Å². The van der Waals surface area contributed by atoms with Crippen molar-refractivity contribution in [2.75, 3.05) is 0 Å². The SMILES string of the molecule is CCCCCCCCCCC1CCC(c2ccc(C(=O)CC(=O)CCCC)cc2)CC1. The van der Waals surface area contributed by atoms with Crippen LogP contribution in [0.5, 0.6) is 0 Å². The molecule has 0 unspecified atom stereocenters. The third-order valence-corrected chi connectivity index (χ3v) is 7.18. The summed E-state index contributed by atoms with van der Waals surface area (Å²) >= 11 is 0. The average Bonchev–Trinajstić information content (AvgIpc) is 2.80. The van der Waals surface area contributed by atoms with Crippen molar-refractivity contribution in [2.45, 2.75) is 129 Å². The quantitative estimate of drug-likeness (QED) is 0.150. The van der Waals surface area contributed by atoms with E-state index in [1.807, 2.05) is 12.1 Å². The number of rotatable bonds is 16. The van der Waals surface area contributed by atoms with E-state index in [4.69, 9.17) is 0 Å². The van der Waals surface area contributed by atoms with Crippen molar-refractivity contribution in [3.05, 3.63) is 35.4 Å². The molecule has 0 amide bonds. The highest BCUT2D eigenvalue weighted by Crippen LogP contribution is 2.37. The maximum atomic E-state index is 12.3. The third kappa shape index (κ3) is 10.1. The Kier molecular flexibility index (Phi) is 12.8. The van der Waals surface area contributed by atoms with Crippen LogP contribution >= 0.6 is 0 Å². The van der Waals surface area contributed by atoms with Gasteiger partial charge in [-0.05, 0) is 49.5 Å². The molecule has 2 heteroatoms. The zero-order chi connectivity index (χ0) is 22.3. The molecule has 0 heterocycles. The second-order valence-electron chi connectivity index (χ2n) is 9.85. The lowest BCUT2D eigenvalue weighted by atomic mass is 9.77. The average molecular weight is 427 g/mol. The van der Waals surface area contributed by atoms with Crippen molar-refractivity contribution < 1.29 is 9.59 Å². The van der Waals surface area contributed by atoms with Crippen LogP contribution in [-0.2, 0) is 4.79 Å². The highest BCUT2D eigenvalue weighted by molar-refractivity contribution is 6.07. The fourth-order valence-corrected chi connectivity index (χ4v) is 5.04. The molecule has 1 saturated carbocycles. The van der Waals surface area contributed by atoms with Gasteiger partial charge >= 0.3 is 0 Å². The lowest BCUT2D eigenvalue weighted by molar-refractivity contribution is -0.118. The Balaban J connectivity index is 1.63. The van der Waals surface area contributed by atoms with Crippen molar-refractivity contribution >= 4 is 11.6 Å². The van der Waals surface area contributed by atoms with Gasteiger partial charge in [-0.15, -0.1) is 0 Å². The molecule has 1 aromatic rings. The Morgan fingerprint density at radius 2 is 1.32 bits per heavy atom. The van der Waals surface area contributed by atoms with Gasteiger partial charge in [-0.3, -0.25) is 9.59 Å². The molecule has 31 heavy (non-hydrogen) atoms. The Morgan fingerprint density at radius 3 is 1.94 bits per heavy atom. The summed E-state index contributed by atoms with van der Waals surface area (Å²) in [5, 5.41) is 0. The Morgan fingerprint density at radius 1 is 0.742 bits per heavy atom. The van der Waals surface area contributed by atoms with Crippen LogP contribution in [0, 0.1) is 5.92 Å². The van der Waals surface area contributed by atoms with Crippen LogP contribution in [0.3, 0.4) is 0 Å². The van der Waals surface area contributed by atoms with Crippen LogP contribution in [0.1, 0.15) is 145 Å². The van der Waals surface area contributed by atoms with Gasteiger partial charge in [-0.25, -0.2) is 0 Å². The van der Waals surface area contributed by atoms with E-state index in [0.29, 0.717) is 17.9 Å². The zero-order valence-electron chi connectivity index (χ0n) is 20.3. The Bertz CT molecular complexity index is 623. The van der Waals surface area contributed by atoms with E-state index in [2.05, 4.69) is 26.0 Å². The number of hydrogen-bond donors (Lipinski definition) is 0. The molecular weight excluding hydrogens is 380 g/mol. The molecule has 0 radical (unpaired) electrons. The summed E-state index contributed by atoms with van der Waals surface area (Å²) < 4.78 is 0. The zero-order valence-corrected chi connectivity index (χ0v) is 20.3. The number of ketones is 2. The second kappa shape index (κ2) is 15.4. The molecule has 0 aliphatic heterocycles. The monoisotopic (exact) mass is 426 g/mol. The smallest absolute Gasteiger partial charge is 0.170 e. The van der Waals surface area contributed by atoms with Crippen molar-refractivity contribution in [1.29, 1.82) is 0 Å². The highest BCUT2D eigenvalue weighted by atomic mass is 16.1. The molecule has 2 rings (SSSR count). The number of carbonyl (C=O) groups excluding carboxylic acids is 2. The minimum atomic E-state index is -0.0262. The molecule has 0 spiro atoms. The number of benzene rings is 1. The summed E-state index contributed by atoms with van der Waals surface area (Å²) in [5.41, 5.74) is 2.07. The van der Waals surface area contributed by atoms with E-state index in [1.54, 1.807) is 0 Å². The summed E-state index contributed by atoms with van der Waals surface area (Å²) in [7, 11) is 0. The topological polar surface area (TPSA) is 34.1 Å². The molecule has 0 saturated heterocycles. The molecule has 174 valence electrons. The number of Topliss-reactive ketones (excluding diaryl/α,β-unsaturated/α-hetero) is 2. The van der Waals surface area contributed by atoms with Crippen molar-refractivity contribution in [2.24, 2.45) is 5.92 Å². The third-order valence-electron chi connectivity index (χ3n) is 7.18.